The Morgan fingerprint density at radius 2 is 2.05 bits per heavy atom. The second-order valence-electron chi connectivity index (χ2n) is 5.70. The molecule has 1 aliphatic heterocycles. The van der Waals surface area contributed by atoms with Crippen LogP contribution in [0, 0.1) is 0 Å². The number of ether oxygens (including phenoxy) is 1. The Morgan fingerprint density at radius 3 is 2.55 bits per heavy atom. The fraction of sp³-hybridized carbons (Fsp3) is 0.583. The van der Waals surface area contributed by atoms with E-state index in [1.165, 1.54) is 9.58 Å². The Bertz CT molecular complexity index is 559. The van der Waals surface area contributed by atoms with Crippen LogP contribution in [0.25, 0.3) is 0 Å². The number of carboxylic acids is 1. The summed E-state index contributed by atoms with van der Waals surface area (Å²) >= 11 is 0. The maximum Gasteiger partial charge on any atom is 0.410 e. The van der Waals surface area contributed by atoms with E-state index in [1.807, 2.05) is 0 Å². The minimum atomic E-state index is -1.01. The van der Waals surface area contributed by atoms with Crippen LogP contribution in [0.1, 0.15) is 32.0 Å². The van der Waals surface area contributed by atoms with Crippen LogP contribution in [0.5, 0.6) is 0 Å². The van der Waals surface area contributed by atoms with Crippen LogP contribution in [0.4, 0.5) is 10.6 Å². The Balaban J connectivity index is 2.09. The summed E-state index contributed by atoms with van der Waals surface area (Å²) in [5, 5.41) is 12.9. The van der Waals surface area contributed by atoms with E-state index in [0.717, 1.165) is 0 Å². The number of aromatic nitrogens is 2. The predicted octanol–water partition coefficient (Wildman–Crippen LogP) is 0.801. The Kier molecular flexibility index (Phi) is 3.33. The van der Waals surface area contributed by atoms with Crippen LogP contribution < -0.4 is 5.73 Å². The third-order valence-corrected chi connectivity index (χ3v) is 2.80. The number of carbonyl (C=O) groups is 2. The normalized spacial score (nSPS) is 14.2. The summed E-state index contributed by atoms with van der Waals surface area (Å²) in [5.41, 5.74) is 6.60. The second kappa shape index (κ2) is 4.69. The predicted molar refractivity (Wildman–Crippen MR) is 69.8 cm³/mol. The maximum absolute atomic E-state index is 11.9. The molecule has 110 valence electrons. The van der Waals surface area contributed by atoms with Gasteiger partial charge in [-0.25, -0.2) is 9.48 Å². The van der Waals surface area contributed by atoms with Gasteiger partial charge < -0.3 is 15.6 Å². The fourth-order valence-electron chi connectivity index (χ4n) is 1.99. The van der Waals surface area contributed by atoms with E-state index in [9.17, 15) is 9.59 Å². The van der Waals surface area contributed by atoms with Crippen LogP contribution in [0.15, 0.2) is 0 Å². The number of anilines is 1. The summed E-state index contributed by atoms with van der Waals surface area (Å²) in [5.74, 6) is -0.727. The van der Waals surface area contributed by atoms with Gasteiger partial charge in [0.15, 0.2) is 0 Å². The lowest BCUT2D eigenvalue weighted by atomic mass is 10.2. The Morgan fingerprint density at radius 1 is 1.40 bits per heavy atom. The summed E-state index contributed by atoms with van der Waals surface area (Å²) in [7, 11) is 0. The number of carboxylic acid groups (broad SMARTS) is 1. The van der Waals surface area contributed by atoms with Crippen molar-refractivity contribution in [2.75, 3.05) is 5.73 Å². The molecule has 0 aromatic carbocycles. The molecule has 8 nitrogen and oxygen atoms in total. The molecule has 2 heterocycles. The number of nitrogens with two attached hydrogens (primary N) is 1. The van der Waals surface area contributed by atoms with Gasteiger partial charge in [0, 0.05) is 5.56 Å². The van der Waals surface area contributed by atoms with Crippen molar-refractivity contribution in [2.45, 2.75) is 46.0 Å². The molecule has 0 bridgehead atoms. The lowest BCUT2D eigenvalue weighted by Gasteiger charge is -2.24. The van der Waals surface area contributed by atoms with Crippen molar-refractivity contribution in [1.82, 2.24) is 14.7 Å². The quantitative estimate of drug-likeness (QED) is 0.830. The largest absolute Gasteiger partial charge is 0.480 e. The first-order chi connectivity index (χ1) is 9.17. The molecule has 0 atom stereocenters. The van der Waals surface area contributed by atoms with Gasteiger partial charge in [-0.1, -0.05) is 0 Å². The summed E-state index contributed by atoms with van der Waals surface area (Å²) in [6.07, 6.45) is -0.431. The number of carbonyl (C=O) groups excluding carboxylic acids is 1. The van der Waals surface area contributed by atoms with Crippen molar-refractivity contribution >= 4 is 17.9 Å². The lowest BCUT2D eigenvalue weighted by Crippen LogP contribution is -2.33. The van der Waals surface area contributed by atoms with Crippen molar-refractivity contribution in [3.63, 3.8) is 0 Å². The molecule has 1 amide bonds. The first-order valence-electron chi connectivity index (χ1n) is 6.21. The average molecular weight is 282 g/mol. The van der Waals surface area contributed by atoms with Crippen LogP contribution in [0.3, 0.4) is 0 Å². The minimum absolute atomic E-state index is 0.279. The number of nitrogen functional groups attached to an aromatic ring is 1. The first-order valence-corrected chi connectivity index (χ1v) is 6.21. The smallest absolute Gasteiger partial charge is 0.410 e. The van der Waals surface area contributed by atoms with Gasteiger partial charge in [0.05, 0.1) is 18.8 Å². The molecular formula is C12H18N4O4. The van der Waals surface area contributed by atoms with E-state index in [4.69, 9.17) is 15.6 Å². The zero-order valence-corrected chi connectivity index (χ0v) is 11.7. The van der Waals surface area contributed by atoms with Crippen molar-refractivity contribution in [2.24, 2.45) is 0 Å². The van der Waals surface area contributed by atoms with Gasteiger partial charge in [0.2, 0.25) is 0 Å². The number of amides is 1. The van der Waals surface area contributed by atoms with Gasteiger partial charge in [0.25, 0.3) is 0 Å². The zero-order valence-electron chi connectivity index (χ0n) is 11.7. The van der Waals surface area contributed by atoms with E-state index in [0.29, 0.717) is 11.3 Å². The number of nitrogens with zero attached hydrogens (tertiary/aromatic N) is 3. The molecule has 0 unspecified atom stereocenters. The molecule has 0 saturated heterocycles. The van der Waals surface area contributed by atoms with Gasteiger partial charge in [-0.05, 0) is 20.8 Å². The Hall–Kier alpha value is -2.25. The molecule has 1 aromatic rings. The fourth-order valence-corrected chi connectivity index (χ4v) is 1.99. The van der Waals surface area contributed by atoms with Gasteiger partial charge >= 0.3 is 12.1 Å². The number of aliphatic carboxylic acids is 1. The number of fused-ring (bicyclic) bond motifs is 1. The summed E-state index contributed by atoms with van der Waals surface area (Å²) < 4.78 is 6.51. The molecular weight excluding hydrogens is 264 g/mol. The van der Waals surface area contributed by atoms with Crippen molar-refractivity contribution in [1.29, 1.82) is 0 Å². The highest BCUT2D eigenvalue weighted by Crippen LogP contribution is 2.28. The van der Waals surface area contributed by atoms with E-state index < -0.39 is 17.7 Å². The van der Waals surface area contributed by atoms with E-state index in [2.05, 4.69) is 5.10 Å². The lowest BCUT2D eigenvalue weighted by molar-refractivity contribution is -0.137. The average Bonchev–Trinajstić information content (AvgIpc) is 2.78. The third-order valence-electron chi connectivity index (χ3n) is 2.80. The minimum Gasteiger partial charge on any atom is -0.480 e. The van der Waals surface area contributed by atoms with Crippen molar-refractivity contribution in [3.8, 4) is 0 Å². The first kappa shape index (κ1) is 14.2. The molecule has 3 N–H and O–H groups in total. The van der Waals surface area contributed by atoms with Gasteiger partial charge in [-0.2, -0.15) is 5.10 Å². The highest BCUT2D eigenvalue weighted by molar-refractivity contribution is 5.70. The zero-order chi connectivity index (χ0) is 15.1. The molecule has 1 aliphatic rings. The van der Waals surface area contributed by atoms with Crippen molar-refractivity contribution < 1.29 is 19.4 Å². The molecule has 0 saturated carbocycles. The summed E-state index contributed by atoms with van der Waals surface area (Å²) in [6, 6.07) is 0. The molecule has 1 aromatic heterocycles. The van der Waals surface area contributed by atoms with Crippen molar-refractivity contribution in [3.05, 3.63) is 11.3 Å². The van der Waals surface area contributed by atoms with Crippen LogP contribution in [0.2, 0.25) is 0 Å². The second-order valence-corrected chi connectivity index (χ2v) is 5.70. The van der Waals surface area contributed by atoms with E-state index in [-0.39, 0.29) is 25.5 Å². The highest BCUT2D eigenvalue weighted by atomic mass is 16.6. The number of hydrogen-bond acceptors (Lipinski definition) is 5. The van der Waals surface area contributed by atoms with E-state index >= 15 is 0 Å². The molecule has 0 spiro atoms. The van der Waals surface area contributed by atoms with Gasteiger partial charge in [-0.3, -0.25) is 9.69 Å². The van der Waals surface area contributed by atoms with Crippen LogP contribution >= 0.6 is 0 Å². The number of rotatable bonds is 2. The van der Waals surface area contributed by atoms with Gasteiger partial charge in [0.1, 0.15) is 18.0 Å². The van der Waals surface area contributed by atoms with Gasteiger partial charge in [-0.15, -0.1) is 0 Å². The number of hydrogen-bond donors (Lipinski definition) is 2. The topological polar surface area (TPSA) is 111 Å². The molecule has 8 heteroatoms. The molecule has 2 rings (SSSR count). The van der Waals surface area contributed by atoms with E-state index in [1.54, 1.807) is 20.8 Å². The molecule has 0 radical (unpaired) electrons. The molecule has 0 aliphatic carbocycles. The monoisotopic (exact) mass is 282 g/mol. The highest BCUT2D eigenvalue weighted by Gasteiger charge is 2.32. The van der Waals surface area contributed by atoms with Crippen LogP contribution in [-0.4, -0.2) is 37.5 Å². The standard InChI is InChI=1S/C12H18N4O4/c1-12(2,3)20-11(19)15-4-7-8(5-15)14-16(10(7)13)6-9(17)18/h4-6,13H2,1-3H3,(H,17,18). The summed E-state index contributed by atoms with van der Waals surface area (Å²) in [4.78, 5) is 24.1. The SMILES string of the molecule is CC(C)(C)OC(=O)N1Cc2nn(CC(=O)O)c(N)c2C1. The Labute approximate surface area is 116 Å². The molecule has 0 fully saturated rings. The molecule has 20 heavy (non-hydrogen) atoms. The summed E-state index contributed by atoms with van der Waals surface area (Å²) in [6.45, 7) is 5.66. The third kappa shape index (κ3) is 2.84. The van der Waals surface area contributed by atoms with Crippen LogP contribution in [-0.2, 0) is 29.2 Å². The maximum atomic E-state index is 11.9.